The van der Waals surface area contributed by atoms with E-state index in [0.29, 0.717) is 0 Å². The van der Waals surface area contributed by atoms with Gasteiger partial charge in [-0.2, -0.15) is 0 Å². The van der Waals surface area contributed by atoms with Crippen LogP contribution < -0.4 is 0 Å². The molecular weight excluding hydrogens is 206 g/mol. The summed E-state index contributed by atoms with van der Waals surface area (Å²) < 4.78 is 5.39. The smallest absolute Gasteiger partial charge is 0.304 e. The van der Waals surface area contributed by atoms with Crippen LogP contribution in [-0.4, -0.2) is 28.6 Å². The number of aliphatic carboxylic acids is 1. The van der Waals surface area contributed by atoms with Gasteiger partial charge in [-0.1, -0.05) is 0 Å². The molecule has 0 radical (unpaired) electrons. The van der Waals surface area contributed by atoms with Crippen molar-refractivity contribution in [2.75, 3.05) is 6.54 Å². The van der Waals surface area contributed by atoms with Crippen LogP contribution in [0.15, 0.2) is 16.7 Å². The lowest BCUT2D eigenvalue weighted by atomic mass is 10.1. The highest BCUT2D eigenvalue weighted by atomic mass is 16.4. The molecule has 0 amide bonds. The van der Waals surface area contributed by atoms with Gasteiger partial charge in [0.25, 0.3) is 0 Å². The van der Waals surface area contributed by atoms with E-state index in [1.165, 1.54) is 0 Å². The molecule has 0 aliphatic carbocycles. The van der Waals surface area contributed by atoms with Crippen molar-refractivity contribution in [1.82, 2.24) is 4.90 Å². The van der Waals surface area contributed by atoms with Crippen LogP contribution in [0.4, 0.5) is 0 Å². The van der Waals surface area contributed by atoms with Gasteiger partial charge in [0.2, 0.25) is 0 Å². The standard InChI is InChI=1S/C12H17NO3/c1-9-4-6-16-11(9)8-13-5-2-3-10(13)7-12(14)15/h4,6,10H,2-3,5,7-8H2,1H3,(H,14,15). The molecule has 1 aliphatic heterocycles. The molecule has 1 fully saturated rings. The van der Waals surface area contributed by atoms with E-state index in [2.05, 4.69) is 4.90 Å². The molecule has 1 aromatic rings. The number of furan rings is 1. The Morgan fingerprint density at radius 2 is 2.50 bits per heavy atom. The molecule has 0 bridgehead atoms. The topological polar surface area (TPSA) is 53.7 Å². The summed E-state index contributed by atoms with van der Waals surface area (Å²) in [5.41, 5.74) is 1.14. The number of carboxylic acid groups (broad SMARTS) is 1. The summed E-state index contributed by atoms with van der Waals surface area (Å²) in [6.07, 6.45) is 3.98. The fourth-order valence-corrected chi connectivity index (χ4v) is 2.29. The predicted molar refractivity (Wildman–Crippen MR) is 59.1 cm³/mol. The fourth-order valence-electron chi connectivity index (χ4n) is 2.29. The third kappa shape index (κ3) is 2.44. The third-order valence-corrected chi connectivity index (χ3v) is 3.22. The lowest BCUT2D eigenvalue weighted by Crippen LogP contribution is -2.30. The summed E-state index contributed by atoms with van der Waals surface area (Å²) in [5, 5.41) is 8.82. The first-order valence-corrected chi connectivity index (χ1v) is 5.65. The van der Waals surface area contributed by atoms with Crippen LogP contribution in [0.1, 0.15) is 30.6 Å². The van der Waals surface area contributed by atoms with Crippen molar-refractivity contribution in [3.8, 4) is 0 Å². The Bertz CT molecular complexity index is 372. The van der Waals surface area contributed by atoms with E-state index in [-0.39, 0.29) is 12.5 Å². The van der Waals surface area contributed by atoms with Crippen LogP contribution in [0.2, 0.25) is 0 Å². The van der Waals surface area contributed by atoms with Gasteiger partial charge in [0.05, 0.1) is 19.2 Å². The summed E-state index contributed by atoms with van der Waals surface area (Å²) in [7, 11) is 0. The maximum Gasteiger partial charge on any atom is 0.304 e. The van der Waals surface area contributed by atoms with Crippen molar-refractivity contribution in [1.29, 1.82) is 0 Å². The quantitative estimate of drug-likeness (QED) is 0.848. The van der Waals surface area contributed by atoms with Gasteiger partial charge in [0.15, 0.2) is 0 Å². The average molecular weight is 223 g/mol. The molecule has 0 aromatic carbocycles. The van der Waals surface area contributed by atoms with Crippen molar-refractivity contribution in [3.05, 3.63) is 23.7 Å². The zero-order valence-corrected chi connectivity index (χ0v) is 9.48. The Balaban J connectivity index is 1.98. The van der Waals surface area contributed by atoms with E-state index in [9.17, 15) is 4.79 Å². The van der Waals surface area contributed by atoms with Gasteiger partial charge >= 0.3 is 5.97 Å². The number of hydrogen-bond acceptors (Lipinski definition) is 3. The van der Waals surface area contributed by atoms with E-state index in [1.54, 1.807) is 6.26 Å². The number of rotatable bonds is 4. The monoisotopic (exact) mass is 223 g/mol. The molecule has 1 unspecified atom stereocenters. The van der Waals surface area contributed by atoms with Gasteiger partial charge in [0.1, 0.15) is 5.76 Å². The Kier molecular flexibility index (Phi) is 3.29. The van der Waals surface area contributed by atoms with E-state index in [4.69, 9.17) is 9.52 Å². The minimum Gasteiger partial charge on any atom is -0.481 e. The van der Waals surface area contributed by atoms with Crippen LogP contribution in [0.25, 0.3) is 0 Å². The lowest BCUT2D eigenvalue weighted by Gasteiger charge is -2.22. The normalized spacial score (nSPS) is 21.4. The Hall–Kier alpha value is -1.29. The summed E-state index contributed by atoms with van der Waals surface area (Å²) in [4.78, 5) is 12.9. The van der Waals surface area contributed by atoms with Crippen molar-refractivity contribution in [2.45, 2.75) is 38.8 Å². The van der Waals surface area contributed by atoms with Gasteiger partial charge in [-0.3, -0.25) is 9.69 Å². The van der Waals surface area contributed by atoms with Gasteiger partial charge < -0.3 is 9.52 Å². The van der Waals surface area contributed by atoms with Crippen LogP contribution in [0.5, 0.6) is 0 Å². The molecule has 1 atom stereocenters. The second-order valence-corrected chi connectivity index (χ2v) is 4.39. The second kappa shape index (κ2) is 4.70. The number of aryl methyl sites for hydroxylation is 1. The minimum atomic E-state index is -0.715. The number of likely N-dealkylation sites (tertiary alicyclic amines) is 1. The first kappa shape index (κ1) is 11.2. The van der Waals surface area contributed by atoms with Crippen LogP contribution >= 0.6 is 0 Å². The largest absolute Gasteiger partial charge is 0.481 e. The fraction of sp³-hybridized carbons (Fsp3) is 0.583. The molecule has 0 saturated carbocycles. The summed E-state index contributed by atoms with van der Waals surface area (Å²) >= 11 is 0. The molecule has 1 N–H and O–H groups in total. The van der Waals surface area contributed by atoms with Crippen LogP contribution in [-0.2, 0) is 11.3 Å². The number of nitrogens with zero attached hydrogens (tertiary/aromatic N) is 1. The van der Waals surface area contributed by atoms with Crippen LogP contribution in [0.3, 0.4) is 0 Å². The molecule has 2 heterocycles. The Labute approximate surface area is 94.9 Å². The third-order valence-electron chi connectivity index (χ3n) is 3.22. The first-order chi connectivity index (χ1) is 7.66. The van der Waals surface area contributed by atoms with Gasteiger partial charge in [-0.05, 0) is 37.9 Å². The van der Waals surface area contributed by atoms with E-state index in [1.807, 2.05) is 13.0 Å². The molecule has 1 aliphatic rings. The summed E-state index contributed by atoms with van der Waals surface area (Å²) in [5.74, 6) is 0.241. The molecular formula is C12H17NO3. The SMILES string of the molecule is Cc1ccoc1CN1CCCC1CC(=O)O. The highest BCUT2D eigenvalue weighted by Gasteiger charge is 2.27. The summed E-state index contributed by atoms with van der Waals surface area (Å²) in [6.45, 7) is 3.72. The Morgan fingerprint density at radius 1 is 1.69 bits per heavy atom. The number of hydrogen-bond donors (Lipinski definition) is 1. The van der Waals surface area contributed by atoms with E-state index >= 15 is 0 Å². The van der Waals surface area contributed by atoms with E-state index in [0.717, 1.165) is 37.3 Å². The summed E-state index contributed by atoms with van der Waals surface area (Å²) in [6, 6.07) is 2.11. The molecule has 0 spiro atoms. The van der Waals surface area contributed by atoms with Crippen molar-refractivity contribution < 1.29 is 14.3 Å². The zero-order chi connectivity index (χ0) is 11.5. The first-order valence-electron chi connectivity index (χ1n) is 5.65. The lowest BCUT2D eigenvalue weighted by molar-refractivity contribution is -0.138. The highest BCUT2D eigenvalue weighted by Crippen LogP contribution is 2.23. The molecule has 2 rings (SSSR count). The minimum absolute atomic E-state index is 0.169. The van der Waals surface area contributed by atoms with Crippen molar-refractivity contribution in [3.63, 3.8) is 0 Å². The Morgan fingerprint density at radius 3 is 3.12 bits per heavy atom. The highest BCUT2D eigenvalue weighted by molar-refractivity contribution is 5.67. The van der Waals surface area contributed by atoms with E-state index < -0.39 is 5.97 Å². The second-order valence-electron chi connectivity index (χ2n) is 4.39. The van der Waals surface area contributed by atoms with Gasteiger partial charge in [-0.15, -0.1) is 0 Å². The molecule has 4 heteroatoms. The molecule has 1 aromatic heterocycles. The van der Waals surface area contributed by atoms with Crippen LogP contribution in [0, 0.1) is 6.92 Å². The molecule has 16 heavy (non-hydrogen) atoms. The zero-order valence-electron chi connectivity index (χ0n) is 9.48. The number of carboxylic acids is 1. The maximum atomic E-state index is 10.7. The molecule has 1 saturated heterocycles. The van der Waals surface area contributed by atoms with Gasteiger partial charge in [0, 0.05) is 6.04 Å². The number of carbonyl (C=O) groups is 1. The van der Waals surface area contributed by atoms with Gasteiger partial charge in [-0.25, -0.2) is 0 Å². The average Bonchev–Trinajstić information content (AvgIpc) is 2.78. The maximum absolute atomic E-state index is 10.7. The van der Waals surface area contributed by atoms with Crippen molar-refractivity contribution in [2.24, 2.45) is 0 Å². The predicted octanol–water partition coefficient (Wildman–Crippen LogP) is 2.03. The molecule has 88 valence electrons. The molecule has 4 nitrogen and oxygen atoms in total. The van der Waals surface area contributed by atoms with Crippen molar-refractivity contribution >= 4 is 5.97 Å².